The van der Waals surface area contributed by atoms with Crippen LogP contribution in [0.4, 0.5) is 14.5 Å². The fourth-order valence-electron chi connectivity index (χ4n) is 2.14. The number of rotatable bonds is 6. The van der Waals surface area contributed by atoms with Crippen molar-refractivity contribution in [2.24, 2.45) is 0 Å². The Labute approximate surface area is 152 Å². The van der Waals surface area contributed by atoms with E-state index in [1.807, 2.05) is 31.2 Å². The number of hydrogen-bond acceptors (Lipinski definition) is 5. The molecule has 1 N–H and O–H groups in total. The summed E-state index contributed by atoms with van der Waals surface area (Å²) in [4.78, 5) is 16.1. The Morgan fingerprint density at radius 1 is 1.19 bits per heavy atom. The van der Waals surface area contributed by atoms with Gasteiger partial charge in [-0.3, -0.25) is 4.79 Å². The third-order valence-electron chi connectivity index (χ3n) is 3.44. The Bertz CT molecular complexity index is 913. The van der Waals surface area contributed by atoms with Crippen LogP contribution in [0, 0.1) is 18.6 Å². The summed E-state index contributed by atoms with van der Waals surface area (Å²) in [6, 6.07) is 10.7. The van der Waals surface area contributed by atoms with Crippen molar-refractivity contribution in [2.45, 2.75) is 12.7 Å². The highest BCUT2D eigenvalue weighted by molar-refractivity contribution is 7.99. The number of carbonyl (C=O) groups excluding carboxylic acids is 1. The van der Waals surface area contributed by atoms with Gasteiger partial charge in [0.25, 0.3) is 5.89 Å². The summed E-state index contributed by atoms with van der Waals surface area (Å²) in [6.45, 7) is 1.99. The summed E-state index contributed by atoms with van der Waals surface area (Å²) in [5, 5.41) is 6.27. The number of aryl methyl sites for hydroxylation is 1. The second-order valence-electron chi connectivity index (χ2n) is 5.55. The fraction of sp³-hybridized carbons (Fsp3) is 0.167. The van der Waals surface area contributed by atoms with E-state index in [9.17, 15) is 13.6 Å². The van der Waals surface area contributed by atoms with Crippen LogP contribution in [0.3, 0.4) is 0 Å². The molecule has 0 aliphatic carbocycles. The number of anilines is 1. The fourth-order valence-corrected chi connectivity index (χ4v) is 2.80. The van der Waals surface area contributed by atoms with E-state index in [2.05, 4.69) is 15.5 Å². The number of aromatic nitrogens is 2. The van der Waals surface area contributed by atoms with Crippen LogP contribution in [-0.4, -0.2) is 21.8 Å². The second kappa shape index (κ2) is 8.09. The zero-order valence-electron chi connectivity index (χ0n) is 13.8. The van der Waals surface area contributed by atoms with E-state index in [4.69, 9.17) is 4.52 Å². The van der Waals surface area contributed by atoms with Gasteiger partial charge in [-0.15, -0.1) is 11.8 Å². The standard InChI is InChI=1S/C18H15F2N3O2S/c1-11-2-4-12(5-3-11)18-22-16(23-25-18)9-26-10-17(24)21-15-7-6-13(19)8-14(15)20/h2-8H,9-10H2,1H3,(H,21,24). The van der Waals surface area contributed by atoms with E-state index in [1.54, 1.807) is 0 Å². The number of benzene rings is 2. The van der Waals surface area contributed by atoms with Gasteiger partial charge >= 0.3 is 0 Å². The van der Waals surface area contributed by atoms with Gasteiger partial charge in [0.05, 0.1) is 17.2 Å². The summed E-state index contributed by atoms with van der Waals surface area (Å²) in [5.74, 6) is -0.590. The van der Waals surface area contributed by atoms with E-state index < -0.39 is 17.5 Å². The van der Waals surface area contributed by atoms with Gasteiger partial charge in [0.15, 0.2) is 5.82 Å². The van der Waals surface area contributed by atoms with E-state index in [0.717, 1.165) is 17.2 Å². The van der Waals surface area contributed by atoms with Crippen LogP contribution < -0.4 is 5.32 Å². The Balaban J connectivity index is 1.50. The van der Waals surface area contributed by atoms with Crippen molar-refractivity contribution < 1.29 is 18.1 Å². The third-order valence-corrected chi connectivity index (χ3v) is 4.36. The molecule has 0 saturated carbocycles. The Morgan fingerprint density at radius 2 is 1.96 bits per heavy atom. The van der Waals surface area contributed by atoms with Crippen LogP contribution >= 0.6 is 11.8 Å². The quantitative estimate of drug-likeness (QED) is 0.699. The minimum absolute atomic E-state index is 0.0572. The maximum Gasteiger partial charge on any atom is 0.257 e. The number of amides is 1. The van der Waals surface area contributed by atoms with Gasteiger partial charge in [0.1, 0.15) is 11.6 Å². The molecule has 0 unspecified atom stereocenters. The predicted octanol–water partition coefficient (Wildman–Crippen LogP) is 4.20. The molecule has 3 rings (SSSR count). The lowest BCUT2D eigenvalue weighted by atomic mass is 10.1. The first-order valence-electron chi connectivity index (χ1n) is 7.73. The van der Waals surface area contributed by atoms with E-state index in [1.165, 1.54) is 17.8 Å². The number of hydrogen-bond donors (Lipinski definition) is 1. The second-order valence-corrected chi connectivity index (χ2v) is 6.53. The van der Waals surface area contributed by atoms with Crippen LogP contribution in [0.15, 0.2) is 47.0 Å². The lowest BCUT2D eigenvalue weighted by Crippen LogP contribution is -2.15. The molecular formula is C18H15F2N3O2S. The van der Waals surface area contributed by atoms with Crippen molar-refractivity contribution in [3.05, 3.63) is 65.5 Å². The maximum atomic E-state index is 13.5. The van der Waals surface area contributed by atoms with Gasteiger partial charge in [0, 0.05) is 11.6 Å². The molecule has 0 aliphatic rings. The largest absolute Gasteiger partial charge is 0.334 e. The zero-order valence-corrected chi connectivity index (χ0v) is 14.6. The lowest BCUT2D eigenvalue weighted by molar-refractivity contribution is -0.113. The summed E-state index contributed by atoms with van der Waals surface area (Å²) in [6.07, 6.45) is 0. The third kappa shape index (κ3) is 4.66. The van der Waals surface area contributed by atoms with E-state index in [0.29, 0.717) is 23.5 Å². The number of nitrogens with one attached hydrogen (secondary N) is 1. The van der Waals surface area contributed by atoms with Crippen LogP contribution in [0.5, 0.6) is 0 Å². The summed E-state index contributed by atoms with van der Waals surface area (Å²) in [5.41, 5.74) is 1.90. The molecule has 0 fully saturated rings. The molecule has 1 aromatic heterocycles. The van der Waals surface area contributed by atoms with Gasteiger partial charge in [-0.25, -0.2) is 8.78 Å². The average molecular weight is 375 g/mol. The van der Waals surface area contributed by atoms with Crippen molar-refractivity contribution in [2.75, 3.05) is 11.1 Å². The minimum Gasteiger partial charge on any atom is -0.334 e. The predicted molar refractivity (Wildman–Crippen MR) is 95.6 cm³/mol. The van der Waals surface area contributed by atoms with Crippen LogP contribution in [0.1, 0.15) is 11.4 Å². The normalized spacial score (nSPS) is 10.7. The van der Waals surface area contributed by atoms with Crippen LogP contribution in [0.25, 0.3) is 11.5 Å². The molecule has 5 nitrogen and oxygen atoms in total. The minimum atomic E-state index is -0.816. The van der Waals surface area contributed by atoms with Gasteiger partial charge in [0.2, 0.25) is 5.91 Å². The van der Waals surface area contributed by atoms with Crippen LogP contribution in [0.2, 0.25) is 0 Å². The molecule has 26 heavy (non-hydrogen) atoms. The molecule has 134 valence electrons. The van der Waals surface area contributed by atoms with E-state index in [-0.39, 0.29) is 11.4 Å². The topological polar surface area (TPSA) is 68.0 Å². The van der Waals surface area contributed by atoms with Crippen LogP contribution in [-0.2, 0) is 10.5 Å². The van der Waals surface area contributed by atoms with Crippen molar-refractivity contribution in [3.63, 3.8) is 0 Å². The highest BCUT2D eigenvalue weighted by Gasteiger charge is 2.11. The SMILES string of the molecule is Cc1ccc(-c2nc(CSCC(=O)Nc3ccc(F)cc3F)no2)cc1. The highest BCUT2D eigenvalue weighted by atomic mass is 32.2. The van der Waals surface area contributed by atoms with Crippen molar-refractivity contribution in [1.82, 2.24) is 10.1 Å². The van der Waals surface area contributed by atoms with Crippen molar-refractivity contribution >= 4 is 23.4 Å². The first-order valence-corrected chi connectivity index (χ1v) is 8.89. The van der Waals surface area contributed by atoms with E-state index >= 15 is 0 Å². The summed E-state index contributed by atoms with van der Waals surface area (Å²) >= 11 is 1.26. The Hall–Kier alpha value is -2.74. The molecule has 0 radical (unpaired) electrons. The Kier molecular flexibility index (Phi) is 5.62. The molecule has 0 atom stereocenters. The molecule has 1 amide bonds. The van der Waals surface area contributed by atoms with Crippen molar-refractivity contribution in [1.29, 1.82) is 0 Å². The number of thioether (sulfide) groups is 1. The van der Waals surface area contributed by atoms with Crippen molar-refractivity contribution in [3.8, 4) is 11.5 Å². The molecule has 0 saturated heterocycles. The molecule has 0 aliphatic heterocycles. The first kappa shape index (κ1) is 18.1. The molecule has 0 bridgehead atoms. The molecular weight excluding hydrogens is 360 g/mol. The van der Waals surface area contributed by atoms with Gasteiger partial charge in [-0.2, -0.15) is 4.98 Å². The molecule has 1 heterocycles. The monoisotopic (exact) mass is 375 g/mol. The first-order chi connectivity index (χ1) is 12.5. The number of carbonyl (C=O) groups is 1. The Morgan fingerprint density at radius 3 is 2.69 bits per heavy atom. The van der Waals surface area contributed by atoms with Gasteiger partial charge in [-0.1, -0.05) is 22.9 Å². The van der Waals surface area contributed by atoms with Gasteiger partial charge in [-0.05, 0) is 31.2 Å². The molecule has 0 spiro atoms. The molecule has 8 heteroatoms. The molecule has 2 aromatic carbocycles. The zero-order chi connectivity index (χ0) is 18.5. The smallest absolute Gasteiger partial charge is 0.257 e. The number of halogens is 2. The highest BCUT2D eigenvalue weighted by Crippen LogP contribution is 2.20. The average Bonchev–Trinajstić information content (AvgIpc) is 3.07. The maximum absolute atomic E-state index is 13.5. The summed E-state index contributed by atoms with van der Waals surface area (Å²) < 4.78 is 31.5. The number of nitrogens with zero attached hydrogens (tertiary/aromatic N) is 2. The van der Waals surface area contributed by atoms with Gasteiger partial charge < -0.3 is 9.84 Å². The molecule has 3 aromatic rings. The summed E-state index contributed by atoms with van der Waals surface area (Å²) in [7, 11) is 0. The lowest BCUT2D eigenvalue weighted by Gasteiger charge is -2.05.